The number of nitrogens with one attached hydrogen (secondary N) is 2. The van der Waals surface area contributed by atoms with Crippen LogP contribution in [0.25, 0.3) is 11.5 Å². The topological polar surface area (TPSA) is 97.1 Å². The molecule has 4 aromatic rings. The maximum atomic E-state index is 12.8. The molecule has 0 aliphatic carbocycles. The predicted octanol–water partition coefficient (Wildman–Crippen LogP) is 5.26. The molecule has 2 aromatic carbocycles. The molecule has 2 N–H and O–H groups in total. The number of rotatable bonds is 5. The van der Waals surface area contributed by atoms with E-state index in [1.807, 2.05) is 24.4 Å². The highest BCUT2D eigenvalue weighted by Gasteiger charge is 2.15. The Morgan fingerprint density at radius 1 is 1.03 bits per heavy atom. The Bertz CT molecular complexity index is 1210. The highest BCUT2D eigenvalue weighted by molar-refractivity contribution is 7.12. The zero-order chi connectivity index (χ0) is 21.1. The van der Waals surface area contributed by atoms with E-state index in [0.717, 1.165) is 5.56 Å². The Hall–Kier alpha value is -3.49. The Kier molecular flexibility index (Phi) is 5.60. The number of carbonyl (C=O) groups is 2. The zero-order valence-corrected chi connectivity index (χ0v) is 17.3. The van der Waals surface area contributed by atoms with E-state index >= 15 is 0 Å². The number of thiophene rings is 1. The van der Waals surface area contributed by atoms with E-state index < -0.39 is 0 Å². The summed E-state index contributed by atoms with van der Waals surface area (Å²) >= 11 is 7.52. The van der Waals surface area contributed by atoms with E-state index in [1.54, 1.807) is 36.4 Å². The summed E-state index contributed by atoms with van der Waals surface area (Å²) in [6.45, 7) is 1.88. The molecular weight excluding hydrogens is 424 g/mol. The van der Waals surface area contributed by atoms with E-state index in [-0.39, 0.29) is 11.8 Å². The van der Waals surface area contributed by atoms with Crippen LogP contribution in [-0.2, 0) is 0 Å². The van der Waals surface area contributed by atoms with Gasteiger partial charge in [-0.15, -0.1) is 21.5 Å². The molecule has 150 valence electrons. The van der Waals surface area contributed by atoms with Crippen molar-refractivity contribution in [2.45, 2.75) is 6.92 Å². The molecular formula is C21H15ClN4O3S. The minimum absolute atomic E-state index is 0.285. The van der Waals surface area contributed by atoms with Crippen molar-refractivity contribution in [3.63, 3.8) is 0 Å². The number of aryl methyl sites for hydroxylation is 1. The molecule has 2 heterocycles. The third-order valence-corrected chi connectivity index (χ3v) is 5.51. The average Bonchev–Trinajstić information content (AvgIpc) is 3.45. The van der Waals surface area contributed by atoms with E-state index in [2.05, 4.69) is 20.8 Å². The number of halogens is 1. The SMILES string of the molecule is Cc1ccc(-c2nnco2)cc1NC(=O)c1ccc(Cl)c(NC(=O)c2cccs2)c1. The maximum absolute atomic E-state index is 12.8. The van der Waals surface area contributed by atoms with Crippen LogP contribution in [0.5, 0.6) is 0 Å². The Labute approximate surface area is 180 Å². The first kappa shape index (κ1) is 19.8. The molecule has 7 nitrogen and oxygen atoms in total. The van der Waals surface area contributed by atoms with Crippen LogP contribution in [0, 0.1) is 6.92 Å². The van der Waals surface area contributed by atoms with Gasteiger partial charge in [-0.25, -0.2) is 0 Å². The summed E-state index contributed by atoms with van der Waals surface area (Å²) in [7, 11) is 0. The molecule has 0 aliphatic rings. The van der Waals surface area contributed by atoms with Crippen molar-refractivity contribution in [3.8, 4) is 11.5 Å². The van der Waals surface area contributed by atoms with Gasteiger partial charge in [-0.2, -0.15) is 0 Å². The number of amides is 2. The lowest BCUT2D eigenvalue weighted by molar-refractivity contribution is 0.101. The highest BCUT2D eigenvalue weighted by Crippen LogP contribution is 2.27. The molecule has 0 saturated carbocycles. The lowest BCUT2D eigenvalue weighted by Crippen LogP contribution is -2.15. The fourth-order valence-electron chi connectivity index (χ4n) is 2.74. The normalized spacial score (nSPS) is 10.6. The highest BCUT2D eigenvalue weighted by atomic mass is 35.5. The van der Waals surface area contributed by atoms with Crippen molar-refractivity contribution < 1.29 is 14.0 Å². The third-order valence-electron chi connectivity index (χ3n) is 4.31. The number of nitrogens with zero attached hydrogens (tertiary/aromatic N) is 2. The van der Waals surface area contributed by atoms with Gasteiger partial charge in [0.1, 0.15) is 0 Å². The number of anilines is 2. The van der Waals surface area contributed by atoms with Gasteiger partial charge in [0.25, 0.3) is 11.8 Å². The molecule has 0 bridgehead atoms. The molecule has 0 aliphatic heterocycles. The van der Waals surface area contributed by atoms with Crippen molar-refractivity contribution in [2.75, 3.05) is 10.6 Å². The fourth-order valence-corrected chi connectivity index (χ4v) is 3.52. The van der Waals surface area contributed by atoms with Gasteiger partial charge >= 0.3 is 0 Å². The number of benzene rings is 2. The summed E-state index contributed by atoms with van der Waals surface area (Å²) in [6, 6.07) is 13.6. The van der Waals surface area contributed by atoms with Crippen LogP contribution < -0.4 is 10.6 Å². The second-order valence-electron chi connectivity index (χ2n) is 6.35. The summed E-state index contributed by atoms with van der Waals surface area (Å²) in [4.78, 5) is 25.7. The van der Waals surface area contributed by atoms with Gasteiger partial charge in [-0.1, -0.05) is 23.7 Å². The fraction of sp³-hybridized carbons (Fsp3) is 0.0476. The average molecular weight is 439 g/mol. The summed E-state index contributed by atoms with van der Waals surface area (Å²) in [5.41, 5.74) is 2.87. The smallest absolute Gasteiger partial charge is 0.265 e. The van der Waals surface area contributed by atoms with Crippen molar-refractivity contribution >= 4 is 46.1 Å². The molecule has 30 heavy (non-hydrogen) atoms. The second-order valence-corrected chi connectivity index (χ2v) is 7.71. The molecule has 0 fully saturated rings. The van der Waals surface area contributed by atoms with Crippen molar-refractivity contribution in [1.82, 2.24) is 10.2 Å². The van der Waals surface area contributed by atoms with Gasteiger partial charge < -0.3 is 15.1 Å². The molecule has 2 aromatic heterocycles. The first-order valence-corrected chi connectivity index (χ1v) is 10.1. The van der Waals surface area contributed by atoms with Gasteiger partial charge in [0.15, 0.2) is 0 Å². The first-order valence-electron chi connectivity index (χ1n) is 8.84. The van der Waals surface area contributed by atoms with Gasteiger partial charge in [0.2, 0.25) is 12.3 Å². The number of carbonyl (C=O) groups excluding carboxylic acids is 2. The van der Waals surface area contributed by atoms with Crippen LogP contribution in [0.4, 0.5) is 11.4 Å². The van der Waals surface area contributed by atoms with Crippen LogP contribution in [0.2, 0.25) is 5.02 Å². The maximum Gasteiger partial charge on any atom is 0.265 e. The summed E-state index contributed by atoms with van der Waals surface area (Å²) in [6.07, 6.45) is 1.24. The molecule has 0 spiro atoms. The molecule has 0 radical (unpaired) electrons. The lowest BCUT2D eigenvalue weighted by Gasteiger charge is -2.12. The minimum Gasteiger partial charge on any atom is -0.423 e. The van der Waals surface area contributed by atoms with E-state index in [1.165, 1.54) is 17.7 Å². The van der Waals surface area contributed by atoms with Crippen LogP contribution in [0.1, 0.15) is 25.6 Å². The molecule has 0 saturated heterocycles. The van der Waals surface area contributed by atoms with E-state index in [4.69, 9.17) is 16.0 Å². The van der Waals surface area contributed by atoms with Gasteiger partial charge in [-0.3, -0.25) is 9.59 Å². The van der Waals surface area contributed by atoms with E-state index in [0.29, 0.717) is 38.3 Å². The standard InChI is InChI=1S/C21H15ClN4O3S/c1-12-4-5-14(21-26-23-11-29-21)10-16(12)24-19(27)13-6-7-15(22)17(9-13)25-20(28)18-3-2-8-30-18/h2-11H,1H3,(H,24,27)(H,25,28). The van der Waals surface area contributed by atoms with Crippen LogP contribution in [0.3, 0.4) is 0 Å². The summed E-state index contributed by atoms with van der Waals surface area (Å²) in [5, 5.41) is 15.3. The molecule has 2 amide bonds. The number of hydrogen-bond donors (Lipinski definition) is 2. The Morgan fingerprint density at radius 3 is 2.60 bits per heavy atom. The van der Waals surface area contributed by atoms with Gasteiger partial charge in [0, 0.05) is 16.8 Å². The molecule has 0 atom stereocenters. The zero-order valence-electron chi connectivity index (χ0n) is 15.7. The van der Waals surface area contributed by atoms with Gasteiger partial charge in [0.05, 0.1) is 15.6 Å². The van der Waals surface area contributed by atoms with Crippen molar-refractivity contribution in [1.29, 1.82) is 0 Å². The Balaban J connectivity index is 1.55. The van der Waals surface area contributed by atoms with Crippen LogP contribution >= 0.6 is 22.9 Å². The minimum atomic E-state index is -0.343. The summed E-state index contributed by atoms with van der Waals surface area (Å²) < 4.78 is 5.21. The van der Waals surface area contributed by atoms with Crippen LogP contribution in [-0.4, -0.2) is 22.0 Å². The predicted molar refractivity (Wildman–Crippen MR) is 116 cm³/mol. The van der Waals surface area contributed by atoms with Gasteiger partial charge in [-0.05, 0) is 54.3 Å². The molecule has 4 rings (SSSR count). The largest absolute Gasteiger partial charge is 0.423 e. The summed E-state index contributed by atoms with van der Waals surface area (Å²) in [5.74, 6) is -0.271. The Morgan fingerprint density at radius 2 is 1.87 bits per heavy atom. The number of aromatic nitrogens is 2. The van der Waals surface area contributed by atoms with Crippen molar-refractivity contribution in [3.05, 3.63) is 81.3 Å². The monoisotopic (exact) mass is 438 g/mol. The lowest BCUT2D eigenvalue weighted by atomic mass is 10.1. The quantitative estimate of drug-likeness (QED) is 0.442. The molecule has 9 heteroatoms. The molecule has 0 unspecified atom stereocenters. The van der Waals surface area contributed by atoms with Crippen molar-refractivity contribution in [2.24, 2.45) is 0 Å². The third kappa shape index (κ3) is 4.24. The number of hydrogen-bond acceptors (Lipinski definition) is 6. The second kappa shape index (κ2) is 8.48. The first-order chi connectivity index (χ1) is 14.5. The van der Waals surface area contributed by atoms with E-state index in [9.17, 15) is 9.59 Å². The van der Waals surface area contributed by atoms with Crippen LogP contribution in [0.15, 0.2) is 64.7 Å².